The van der Waals surface area contributed by atoms with E-state index in [2.05, 4.69) is 10.2 Å². The van der Waals surface area contributed by atoms with Crippen LogP contribution in [-0.4, -0.2) is 93.1 Å². The maximum atomic E-state index is 11.9. The molecule has 1 aliphatic rings. The van der Waals surface area contributed by atoms with Crippen molar-refractivity contribution in [1.29, 1.82) is 0 Å². The van der Waals surface area contributed by atoms with Gasteiger partial charge < -0.3 is 24.8 Å². The van der Waals surface area contributed by atoms with Crippen LogP contribution in [0.15, 0.2) is 0 Å². The van der Waals surface area contributed by atoms with E-state index in [1.54, 1.807) is 12.0 Å². The van der Waals surface area contributed by atoms with E-state index in [4.69, 9.17) is 14.6 Å². The molecule has 0 aliphatic carbocycles. The first-order valence-corrected chi connectivity index (χ1v) is 7.17. The smallest absolute Gasteiger partial charge is 0.317 e. The highest BCUT2D eigenvalue weighted by Crippen LogP contribution is 2.02. The van der Waals surface area contributed by atoms with Crippen LogP contribution in [0.25, 0.3) is 0 Å². The number of carbonyl (C=O) groups is 2. The van der Waals surface area contributed by atoms with Gasteiger partial charge in [-0.05, 0) is 0 Å². The van der Waals surface area contributed by atoms with Crippen molar-refractivity contribution in [1.82, 2.24) is 15.1 Å². The Morgan fingerprint density at radius 1 is 1.14 bits per heavy atom. The molecule has 0 atom stereocenters. The van der Waals surface area contributed by atoms with Gasteiger partial charge in [-0.15, -0.1) is 0 Å². The number of piperazine rings is 1. The fourth-order valence-corrected chi connectivity index (χ4v) is 2.01. The summed E-state index contributed by atoms with van der Waals surface area (Å²) in [4.78, 5) is 26.2. The first-order valence-electron chi connectivity index (χ1n) is 7.17. The molecule has 0 spiro atoms. The number of rotatable bonds is 9. The molecule has 2 amide bonds. The van der Waals surface area contributed by atoms with Crippen molar-refractivity contribution < 1.29 is 24.2 Å². The number of carbonyl (C=O) groups excluding carboxylic acids is 1. The fourth-order valence-electron chi connectivity index (χ4n) is 2.01. The van der Waals surface area contributed by atoms with Crippen molar-refractivity contribution in [2.45, 2.75) is 6.42 Å². The predicted molar refractivity (Wildman–Crippen MR) is 76.4 cm³/mol. The fraction of sp³-hybridized carbons (Fsp3) is 0.846. The SMILES string of the molecule is COCCOCCNC(=O)N1CCN(CCC(=O)O)CC1. The lowest BCUT2D eigenvalue weighted by Gasteiger charge is -2.34. The number of methoxy groups -OCH3 is 1. The molecule has 1 rings (SSSR count). The van der Waals surface area contributed by atoms with Crippen LogP contribution in [0, 0.1) is 0 Å². The van der Waals surface area contributed by atoms with E-state index in [9.17, 15) is 9.59 Å². The minimum absolute atomic E-state index is 0.0942. The number of hydrogen-bond donors (Lipinski definition) is 2. The Hall–Kier alpha value is -1.38. The van der Waals surface area contributed by atoms with Crippen LogP contribution in [0.5, 0.6) is 0 Å². The standard InChI is InChI=1S/C13H25N3O5/c1-20-10-11-21-9-3-14-13(19)16-7-5-15(6-8-16)4-2-12(17)18/h2-11H2,1H3,(H,14,19)(H,17,18). The van der Waals surface area contributed by atoms with Crippen molar-refractivity contribution >= 4 is 12.0 Å². The quantitative estimate of drug-likeness (QED) is 0.556. The first-order chi connectivity index (χ1) is 10.1. The number of urea groups is 1. The van der Waals surface area contributed by atoms with Crippen molar-refractivity contribution in [3.05, 3.63) is 0 Å². The summed E-state index contributed by atoms with van der Waals surface area (Å²) in [5.41, 5.74) is 0. The lowest BCUT2D eigenvalue weighted by molar-refractivity contribution is -0.137. The number of ether oxygens (including phenoxy) is 2. The second-order valence-corrected chi connectivity index (χ2v) is 4.81. The molecular formula is C13H25N3O5. The summed E-state index contributed by atoms with van der Waals surface area (Å²) in [7, 11) is 1.61. The largest absolute Gasteiger partial charge is 0.481 e. The summed E-state index contributed by atoms with van der Waals surface area (Å²) in [6.07, 6.45) is 0.144. The minimum Gasteiger partial charge on any atom is -0.481 e. The Morgan fingerprint density at radius 2 is 1.86 bits per heavy atom. The van der Waals surface area contributed by atoms with Gasteiger partial charge in [-0.2, -0.15) is 0 Å². The highest BCUT2D eigenvalue weighted by molar-refractivity contribution is 5.74. The molecular weight excluding hydrogens is 278 g/mol. The van der Waals surface area contributed by atoms with Crippen LogP contribution < -0.4 is 5.32 Å². The number of carboxylic acid groups (broad SMARTS) is 1. The van der Waals surface area contributed by atoms with E-state index in [0.29, 0.717) is 59.1 Å². The van der Waals surface area contributed by atoms with Crippen LogP contribution in [0.2, 0.25) is 0 Å². The molecule has 0 bridgehead atoms. The summed E-state index contributed by atoms with van der Waals surface area (Å²) in [5, 5.41) is 11.4. The normalized spacial score (nSPS) is 16.0. The van der Waals surface area contributed by atoms with Gasteiger partial charge in [0.1, 0.15) is 0 Å². The number of nitrogens with zero attached hydrogens (tertiary/aromatic N) is 2. The lowest BCUT2D eigenvalue weighted by Crippen LogP contribution is -2.52. The zero-order chi connectivity index (χ0) is 15.5. The van der Waals surface area contributed by atoms with Gasteiger partial charge in [0.25, 0.3) is 0 Å². The maximum Gasteiger partial charge on any atom is 0.317 e. The Labute approximate surface area is 125 Å². The number of nitrogens with one attached hydrogen (secondary N) is 1. The van der Waals surface area contributed by atoms with Crippen LogP contribution in [0.3, 0.4) is 0 Å². The summed E-state index contributed by atoms with van der Waals surface area (Å²) in [6.45, 7) is 5.22. The molecule has 1 fully saturated rings. The zero-order valence-electron chi connectivity index (χ0n) is 12.5. The Bertz CT molecular complexity index is 319. The van der Waals surface area contributed by atoms with Crippen LogP contribution >= 0.6 is 0 Å². The summed E-state index contributed by atoms with van der Waals surface area (Å²) < 4.78 is 10.1. The van der Waals surface area contributed by atoms with E-state index in [0.717, 1.165) is 0 Å². The molecule has 8 nitrogen and oxygen atoms in total. The second kappa shape index (κ2) is 10.4. The Kier molecular flexibility index (Phi) is 8.72. The molecule has 0 aromatic heterocycles. The molecule has 0 radical (unpaired) electrons. The summed E-state index contributed by atoms with van der Waals surface area (Å²) in [6, 6.07) is -0.0942. The van der Waals surface area contributed by atoms with Crippen molar-refractivity contribution in [2.24, 2.45) is 0 Å². The van der Waals surface area contributed by atoms with Gasteiger partial charge in [0, 0.05) is 46.4 Å². The molecule has 1 aliphatic heterocycles. The molecule has 1 saturated heterocycles. The van der Waals surface area contributed by atoms with Gasteiger partial charge in [-0.3, -0.25) is 9.69 Å². The predicted octanol–water partition coefficient (Wildman–Crippen LogP) is -0.549. The van der Waals surface area contributed by atoms with Crippen molar-refractivity contribution in [3.8, 4) is 0 Å². The van der Waals surface area contributed by atoms with Gasteiger partial charge in [0.15, 0.2) is 0 Å². The molecule has 1 heterocycles. The van der Waals surface area contributed by atoms with Gasteiger partial charge in [-0.1, -0.05) is 0 Å². The minimum atomic E-state index is -0.788. The Balaban J connectivity index is 2.07. The summed E-state index contributed by atoms with van der Waals surface area (Å²) >= 11 is 0. The van der Waals surface area contributed by atoms with Crippen LogP contribution in [0.1, 0.15) is 6.42 Å². The van der Waals surface area contributed by atoms with E-state index in [1.165, 1.54) is 0 Å². The zero-order valence-corrected chi connectivity index (χ0v) is 12.5. The molecule has 8 heteroatoms. The third-order valence-electron chi connectivity index (χ3n) is 3.26. The van der Waals surface area contributed by atoms with Crippen molar-refractivity contribution in [2.75, 3.05) is 66.2 Å². The van der Waals surface area contributed by atoms with Crippen molar-refractivity contribution in [3.63, 3.8) is 0 Å². The molecule has 2 N–H and O–H groups in total. The monoisotopic (exact) mass is 303 g/mol. The second-order valence-electron chi connectivity index (χ2n) is 4.81. The van der Waals surface area contributed by atoms with Gasteiger partial charge in [0.2, 0.25) is 0 Å². The number of hydrogen-bond acceptors (Lipinski definition) is 5. The van der Waals surface area contributed by atoms with E-state index < -0.39 is 5.97 Å². The number of carboxylic acids is 1. The third-order valence-corrected chi connectivity index (χ3v) is 3.26. The molecule has 122 valence electrons. The summed E-state index contributed by atoms with van der Waals surface area (Å²) in [5.74, 6) is -0.788. The molecule has 0 aromatic rings. The van der Waals surface area contributed by atoms with Crippen LogP contribution in [-0.2, 0) is 14.3 Å². The number of aliphatic carboxylic acids is 1. The highest BCUT2D eigenvalue weighted by atomic mass is 16.5. The molecule has 0 saturated carbocycles. The average Bonchev–Trinajstić information content (AvgIpc) is 2.49. The number of amides is 2. The topological polar surface area (TPSA) is 91.3 Å². The van der Waals surface area contributed by atoms with E-state index in [1.807, 2.05) is 0 Å². The third kappa shape index (κ3) is 7.84. The molecule has 0 unspecified atom stereocenters. The highest BCUT2D eigenvalue weighted by Gasteiger charge is 2.20. The molecule has 21 heavy (non-hydrogen) atoms. The van der Waals surface area contributed by atoms with Crippen LogP contribution in [0.4, 0.5) is 4.79 Å². The lowest BCUT2D eigenvalue weighted by atomic mass is 10.3. The van der Waals surface area contributed by atoms with E-state index >= 15 is 0 Å². The molecule has 0 aromatic carbocycles. The Morgan fingerprint density at radius 3 is 2.48 bits per heavy atom. The first kappa shape index (κ1) is 17.7. The average molecular weight is 303 g/mol. The maximum absolute atomic E-state index is 11.9. The van der Waals surface area contributed by atoms with Gasteiger partial charge >= 0.3 is 12.0 Å². The van der Waals surface area contributed by atoms with E-state index in [-0.39, 0.29) is 12.5 Å². The van der Waals surface area contributed by atoms with Gasteiger partial charge in [-0.25, -0.2) is 4.79 Å². The van der Waals surface area contributed by atoms with Gasteiger partial charge in [0.05, 0.1) is 26.2 Å².